The average molecular weight is 326 g/mol. The number of benzene rings is 1. The quantitative estimate of drug-likeness (QED) is 0.782. The fraction of sp³-hybridized carbons (Fsp3) is 0.214. The summed E-state index contributed by atoms with van der Waals surface area (Å²) < 4.78 is 1.10. The van der Waals surface area contributed by atoms with Crippen LogP contribution in [0.15, 0.2) is 47.2 Å². The van der Waals surface area contributed by atoms with Crippen LogP contribution in [0.5, 0.6) is 0 Å². The molecule has 4 heteroatoms. The zero-order chi connectivity index (χ0) is 13.0. The molecule has 0 spiro atoms. The highest BCUT2D eigenvalue weighted by molar-refractivity contribution is 9.10. The third kappa shape index (κ3) is 3.24. The number of halogens is 2. The Morgan fingerprint density at radius 1 is 1.33 bits per heavy atom. The highest BCUT2D eigenvalue weighted by Gasteiger charge is 2.07. The van der Waals surface area contributed by atoms with Gasteiger partial charge in [-0.25, -0.2) is 0 Å². The van der Waals surface area contributed by atoms with Crippen molar-refractivity contribution in [3.8, 4) is 0 Å². The minimum absolute atomic E-state index is 0.478. The van der Waals surface area contributed by atoms with Crippen LogP contribution >= 0.6 is 27.5 Å². The maximum absolute atomic E-state index is 5.93. The highest BCUT2D eigenvalue weighted by Crippen LogP contribution is 2.22. The molecule has 0 unspecified atom stereocenters. The molecule has 1 heterocycles. The average Bonchev–Trinajstić information content (AvgIpc) is 2.38. The predicted octanol–water partition coefficient (Wildman–Crippen LogP) is 4.22. The summed E-state index contributed by atoms with van der Waals surface area (Å²) >= 11 is 9.42. The Kier molecular flexibility index (Phi) is 4.61. The zero-order valence-corrected chi connectivity index (χ0v) is 12.4. The van der Waals surface area contributed by atoms with E-state index in [1.807, 2.05) is 24.4 Å². The van der Waals surface area contributed by atoms with Gasteiger partial charge in [0.2, 0.25) is 0 Å². The molecule has 0 saturated heterocycles. The lowest BCUT2D eigenvalue weighted by molar-refractivity contribution is 0.911. The van der Waals surface area contributed by atoms with E-state index in [1.165, 1.54) is 5.56 Å². The second kappa shape index (κ2) is 6.21. The van der Waals surface area contributed by atoms with Gasteiger partial charge in [-0.3, -0.25) is 4.98 Å². The van der Waals surface area contributed by atoms with Crippen molar-refractivity contribution >= 4 is 33.2 Å². The summed E-state index contributed by atoms with van der Waals surface area (Å²) in [5.41, 5.74) is 3.43. The molecule has 0 radical (unpaired) electrons. The lowest BCUT2D eigenvalue weighted by Crippen LogP contribution is -2.17. The van der Waals surface area contributed by atoms with Gasteiger partial charge in [0.05, 0.1) is 5.88 Å². The number of aromatic nitrogens is 1. The maximum atomic E-state index is 5.93. The van der Waals surface area contributed by atoms with Crippen molar-refractivity contribution in [1.29, 1.82) is 0 Å². The van der Waals surface area contributed by atoms with Crippen LogP contribution in [-0.2, 0) is 12.4 Å². The molecule has 0 fully saturated rings. The minimum atomic E-state index is 0.478. The first-order chi connectivity index (χ1) is 8.70. The molecule has 94 valence electrons. The number of hydrogen-bond donors (Lipinski definition) is 0. The molecule has 1 aromatic heterocycles. The normalized spacial score (nSPS) is 10.4. The van der Waals surface area contributed by atoms with Crippen molar-refractivity contribution < 1.29 is 0 Å². The summed E-state index contributed by atoms with van der Waals surface area (Å²) in [6, 6.07) is 10.3. The van der Waals surface area contributed by atoms with Crippen LogP contribution in [-0.4, -0.2) is 12.0 Å². The van der Waals surface area contributed by atoms with E-state index in [4.69, 9.17) is 11.6 Å². The Balaban J connectivity index is 2.19. The standard InChI is InChI=1S/C14H14BrClN2/c1-18(10-11-3-2-4-13(15)7-11)14-5-6-17-9-12(14)8-16/h2-7,9H,8,10H2,1H3. The molecular weight excluding hydrogens is 312 g/mol. The van der Waals surface area contributed by atoms with Crippen molar-refractivity contribution in [3.05, 3.63) is 58.3 Å². The lowest BCUT2D eigenvalue weighted by Gasteiger charge is -2.21. The van der Waals surface area contributed by atoms with Gasteiger partial charge in [0.1, 0.15) is 0 Å². The summed E-state index contributed by atoms with van der Waals surface area (Å²) in [4.78, 5) is 6.28. The number of pyridine rings is 1. The number of anilines is 1. The summed E-state index contributed by atoms with van der Waals surface area (Å²) in [7, 11) is 2.06. The van der Waals surface area contributed by atoms with E-state index < -0.39 is 0 Å². The topological polar surface area (TPSA) is 16.1 Å². The first kappa shape index (κ1) is 13.4. The van der Waals surface area contributed by atoms with E-state index in [9.17, 15) is 0 Å². The van der Waals surface area contributed by atoms with Crippen molar-refractivity contribution in [2.45, 2.75) is 12.4 Å². The number of hydrogen-bond acceptors (Lipinski definition) is 2. The Bertz CT molecular complexity index is 531. The van der Waals surface area contributed by atoms with E-state index >= 15 is 0 Å². The second-order valence-corrected chi connectivity index (χ2v) is 5.31. The van der Waals surface area contributed by atoms with Gasteiger partial charge in [-0.15, -0.1) is 11.6 Å². The maximum Gasteiger partial charge on any atom is 0.0509 e. The van der Waals surface area contributed by atoms with Crippen molar-refractivity contribution in [2.75, 3.05) is 11.9 Å². The van der Waals surface area contributed by atoms with Gasteiger partial charge < -0.3 is 4.90 Å². The van der Waals surface area contributed by atoms with E-state index in [1.54, 1.807) is 6.20 Å². The monoisotopic (exact) mass is 324 g/mol. The van der Waals surface area contributed by atoms with Gasteiger partial charge >= 0.3 is 0 Å². The molecule has 18 heavy (non-hydrogen) atoms. The molecule has 0 N–H and O–H groups in total. The van der Waals surface area contributed by atoms with Crippen LogP contribution in [0.2, 0.25) is 0 Å². The number of rotatable bonds is 4. The third-order valence-electron chi connectivity index (χ3n) is 2.74. The molecule has 0 atom stereocenters. The summed E-state index contributed by atoms with van der Waals surface area (Å²) in [6.45, 7) is 0.841. The summed E-state index contributed by atoms with van der Waals surface area (Å²) in [6.07, 6.45) is 3.61. The Labute approximate surface area is 121 Å². The van der Waals surface area contributed by atoms with Crippen molar-refractivity contribution in [3.63, 3.8) is 0 Å². The largest absolute Gasteiger partial charge is 0.370 e. The Morgan fingerprint density at radius 3 is 2.89 bits per heavy atom. The van der Waals surface area contributed by atoms with Gasteiger partial charge in [0, 0.05) is 41.7 Å². The van der Waals surface area contributed by atoms with E-state index in [2.05, 4.69) is 45.0 Å². The van der Waals surface area contributed by atoms with Crippen LogP contribution in [0, 0.1) is 0 Å². The minimum Gasteiger partial charge on any atom is -0.370 e. The SMILES string of the molecule is CN(Cc1cccc(Br)c1)c1ccncc1CCl. The van der Waals surface area contributed by atoms with Gasteiger partial charge in [0.15, 0.2) is 0 Å². The van der Waals surface area contributed by atoms with Crippen LogP contribution in [0.4, 0.5) is 5.69 Å². The van der Waals surface area contributed by atoms with E-state index in [-0.39, 0.29) is 0 Å². The molecule has 0 aliphatic rings. The van der Waals surface area contributed by atoms with Gasteiger partial charge in [-0.2, -0.15) is 0 Å². The lowest BCUT2D eigenvalue weighted by atomic mass is 10.2. The molecule has 2 aromatic rings. The molecule has 2 nitrogen and oxygen atoms in total. The predicted molar refractivity (Wildman–Crippen MR) is 80.0 cm³/mol. The fourth-order valence-electron chi connectivity index (χ4n) is 1.89. The Hall–Kier alpha value is -1.06. The van der Waals surface area contributed by atoms with Gasteiger partial charge in [-0.1, -0.05) is 28.1 Å². The van der Waals surface area contributed by atoms with Crippen molar-refractivity contribution in [2.24, 2.45) is 0 Å². The van der Waals surface area contributed by atoms with Crippen LogP contribution < -0.4 is 4.90 Å². The number of nitrogens with zero attached hydrogens (tertiary/aromatic N) is 2. The fourth-order valence-corrected chi connectivity index (χ4v) is 2.54. The van der Waals surface area contributed by atoms with E-state index in [0.717, 1.165) is 22.3 Å². The number of alkyl halides is 1. The van der Waals surface area contributed by atoms with Gasteiger partial charge in [0.25, 0.3) is 0 Å². The first-order valence-electron chi connectivity index (χ1n) is 5.65. The molecular formula is C14H14BrClN2. The Morgan fingerprint density at radius 2 is 2.17 bits per heavy atom. The van der Waals surface area contributed by atoms with Crippen molar-refractivity contribution in [1.82, 2.24) is 4.98 Å². The van der Waals surface area contributed by atoms with Gasteiger partial charge in [-0.05, 0) is 23.8 Å². The molecule has 0 bridgehead atoms. The van der Waals surface area contributed by atoms with Crippen LogP contribution in [0.3, 0.4) is 0 Å². The van der Waals surface area contributed by atoms with Crippen LogP contribution in [0.1, 0.15) is 11.1 Å². The third-order valence-corrected chi connectivity index (χ3v) is 3.52. The summed E-state index contributed by atoms with van der Waals surface area (Å²) in [5.74, 6) is 0.478. The summed E-state index contributed by atoms with van der Waals surface area (Å²) in [5, 5.41) is 0. The molecule has 0 aliphatic carbocycles. The molecule has 0 saturated carbocycles. The first-order valence-corrected chi connectivity index (χ1v) is 6.98. The second-order valence-electron chi connectivity index (χ2n) is 4.12. The smallest absolute Gasteiger partial charge is 0.0509 e. The molecule has 1 aromatic carbocycles. The molecule has 0 amide bonds. The molecule has 2 rings (SSSR count). The molecule has 0 aliphatic heterocycles. The zero-order valence-electron chi connectivity index (χ0n) is 10.1. The highest BCUT2D eigenvalue weighted by atomic mass is 79.9. The van der Waals surface area contributed by atoms with E-state index in [0.29, 0.717) is 5.88 Å². The van der Waals surface area contributed by atoms with Crippen LogP contribution in [0.25, 0.3) is 0 Å².